The first-order valence-corrected chi connectivity index (χ1v) is 12.7. The fraction of sp³-hybridized carbons (Fsp3) is 0.143. The normalized spacial score (nSPS) is 11.7. The van der Waals surface area contributed by atoms with Crippen LogP contribution in [0.4, 0.5) is 0 Å². The lowest BCUT2D eigenvalue weighted by Crippen LogP contribution is -2.14. The first-order chi connectivity index (χ1) is 17.0. The number of methoxy groups -OCH3 is 2. The van der Waals surface area contributed by atoms with Gasteiger partial charge in [-0.15, -0.1) is 0 Å². The molecule has 5 aromatic rings. The summed E-state index contributed by atoms with van der Waals surface area (Å²) in [4.78, 5) is 0.144. The minimum absolute atomic E-state index is 0.144. The van der Waals surface area contributed by atoms with E-state index in [0.29, 0.717) is 24.2 Å². The molecule has 35 heavy (non-hydrogen) atoms. The second-order valence-electron chi connectivity index (χ2n) is 8.23. The van der Waals surface area contributed by atoms with Gasteiger partial charge in [0.2, 0.25) is 5.88 Å². The average Bonchev–Trinajstić information content (AvgIpc) is 3.22. The third kappa shape index (κ3) is 3.83. The maximum absolute atomic E-state index is 13.8. The molecule has 0 aliphatic carbocycles. The smallest absolute Gasteiger partial charge is 0.271 e. The predicted octanol–water partition coefficient (Wildman–Crippen LogP) is 5.22. The molecule has 178 valence electrons. The highest BCUT2D eigenvalue weighted by molar-refractivity contribution is 7.90. The molecule has 1 aromatic heterocycles. The second kappa shape index (κ2) is 9.09. The lowest BCUT2D eigenvalue weighted by molar-refractivity contribution is 0.389. The van der Waals surface area contributed by atoms with Crippen LogP contribution in [0.15, 0.2) is 89.8 Å². The molecule has 7 heteroatoms. The molecule has 0 aliphatic heterocycles. The Labute approximate surface area is 204 Å². The van der Waals surface area contributed by atoms with Crippen molar-refractivity contribution >= 4 is 31.7 Å². The van der Waals surface area contributed by atoms with Crippen LogP contribution in [-0.2, 0) is 16.4 Å². The Morgan fingerprint density at radius 2 is 1.57 bits per heavy atom. The first kappa shape index (κ1) is 23.0. The van der Waals surface area contributed by atoms with E-state index in [1.807, 2.05) is 36.4 Å². The molecule has 0 fully saturated rings. The summed E-state index contributed by atoms with van der Waals surface area (Å²) in [7, 11) is -0.921. The maximum Gasteiger partial charge on any atom is 0.271 e. The van der Waals surface area contributed by atoms with E-state index in [2.05, 4.69) is 24.3 Å². The number of ether oxygens (including phenoxy) is 2. The van der Waals surface area contributed by atoms with Crippen molar-refractivity contribution in [1.29, 1.82) is 0 Å². The predicted molar refractivity (Wildman–Crippen MR) is 140 cm³/mol. The molecule has 0 saturated carbocycles. The van der Waals surface area contributed by atoms with Crippen LogP contribution in [-0.4, -0.2) is 33.2 Å². The number of nitrogens with zero attached hydrogens (tertiary/aromatic N) is 1. The third-order valence-corrected chi connectivity index (χ3v) is 7.98. The van der Waals surface area contributed by atoms with Gasteiger partial charge in [-0.05, 0) is 71.3 Å². The Kier molecular flexibility index (Phi) is 5.96. The zero-order chi connectivity index (χ0) is 24.6. The van der Waals surface area contributed by atoms with Crippen LogP contribution in [0.25, 0.3) is 32.8 Å². The van der Waals surface area contributed by atoms with Crippen LogP contribution in [0.2, 0.25) is 0 Å². The van der Waals surface area contributed by atoms with E-state index >= 15 is 0 Å². The van der Waals surface area contributed by atoms with Crippen molar-refractivity contribution in [3.05, 3.63) is 90.5 Å². The van der Waals surface area contributed by atoms with Gasteiger partial charge < -0.3 is 15.2 Å². The molecule has 0 saturated heterocycles. The van der Waals surface area contributed by atoms with E-state index in [0.717, 1.165) is 32.8 Å². The molecule has 0 bridgehead atoms. The van der Waals surface area contributed by atoms with Crippen molar-refractivity contribution < 1.29 is 17.9 Å². The summed E-state index contributed by atoms with van der Waals surface area (Å²) < 4.78 is 39.7. The minimum Gasteiger partial charge on any atom is -0.497 e. The van der Waals surface area contributed by atoms with Crippen LogP contribution < -0.4 is 15.2 Å². The summed E-state index contributed by atoms with van der Waals surface area (Å²) in [6.07, 6.45) is 0.476. The monoisotopic (exact) mass is 486 g/mol. The number of fused-ring (bicyclic) bond motifs is 2. The highest BCUT2D eigenvalue weighted by atomic mass is 32.2. The van der Waals surface area contributed by atoms with E-state index in [4.69, 9.17) is 15.2 Å². The zero-order valence-corrected chi connectivity index (χ0v) is 20.4. The zero-order valence-electron chi connectivity index (χ0n) is 19.6. The largest absolute Gasteiger partial charge is 0.497 e. The third-order valence-electron chi connectivity index (χ3n) is 6.27. The molecule has 0 spiro atoms. The van der Waals surface area contributed by atoms with E-state index in [1.165, 1.54) is 23.2 Å². The minimum atomic E-state index is -3.95. The van der Waals surface area contributed by atoms with Crippen LogP contribution in [0.5, 0.6) is 11.6 Å². The topological polar surface area (TPSA) is 83.5 Å². The molecular weight excluding hydrogens is 460 g/mol. The number of hydrogen-bond donors (Lipinski definition) is 1. The Hall–Kier alpha value is -3.81. The summed E-state index contributed by atoms with van der Waals surface area (Å²) in [6.45, 7) is 0.358. The highest BCUT2D eigenvalue weighted by Crippen LogP contribution is 2.39. The van der Waals surface area contributed by atoms with E-state index < -0.39 is 10.0 Å². The first-order valence-electron chi connectivity index (χ1n) is 11.3. The number of benzene rings is 4. The fourth-order valence-electron chi connectivity index (χ4n) is 4.63. The van der Waals surface area contributed by atoms with Crippen molar-refractivity contribution in [3.8, 4) is 22.8 Å². The molecular formula is C28H26N2O4S. The Balaban J connectivity index is 1.77. The highest BCUT2D eigenvalue weighted by Gasteiger charge is 2.28. The summed E-state index contributed by atoms with van der Waals surface area (Å²) in [5.41, 5.74) is 9.32. The number of aromatic nitrogens is 1. The van der Waals surface area contributed by atoms with Gasteiger partial charge in [0.05, 0.1) is 24.6 Å². The maximum atomic E-state index is 13.8. The molecule has 1 heterocycles. The lowest BCUT2D eigenvalue weighted by Gasteiger charge is -2.12. The molecule has 2 N–H and O–H groups in total. The van der Waals surface area contributed by atoms with Crippen molar-refractivity contribution in [2.45, 2.75) is 11.3 Å². The van der Waals surface area contributed by atoms with E-state index in [9.17, 15) is 8.42 Å². The number of rotatable bonds is 7. The van der Waals surface area contributed by atoms with Crippen molar-refractivity contribution in [2.24, 2.45) is 5.73 Å². The Bertz CT molecular complexity index is 1630. The summed E-state index contributed by atoms with van der Waals surface area (Å²) in [6, 6.07) is 26.6. The fourth-order valence-corrected chi connectivity index (χ4v) is 6.14. The van der Waals surface area contributed by atoms with Crippen molar-refractivity contribution in [2.75, 3.05) is 20.8 Å². The van der Waals surface area contributed by atoms with Crippen LogP contribution in [0.3, 0.4) is 0 Å². The molecule has 6 nitrogen and oxygen atoms in total. The van der Waals surface area contributed by atoms with Crippen LogP contribution in [0, 0.1) is 0 Å². The van der Waals surface area contributed by atoms with Crippen LogP contribution in [0.1, 0.15) is 5.56 Å². The van der Waals surface area contributed by atoms with Crippen molar-refractivity contribution in [1.82, 2.24) is 3.97 Å². The van der Waals surface area contributed by atoms with E-state index in [-0.39, 0.29) is 10.8 Å². The van der Waals surface area contributed by atoms with Gasteiger partial charge in [0.15, 0.2) is 0 Å². The number of nitrogens with two attached hydrogens (primary N) is 1. The van der Waals surface area contributed by atoms with Gasteiger partial charge in [-0.3, -0.25) is 0 Å². The van der Waals surface area contributed by atoms with Gasteiger partial charge >= 0.3 is 0 Å². The second-order valence-corrected chi connectivity index (χ2v) is 10.0. The van der Waals surface area contributed by atoms with Gasteiger partial charge in [-0.25, -0.2) is 12.4 Å². The summed E-state index contributed by atoms with van der Waals surface area (Å²) in [5, 5.41) is 3.08. The van der Waals surface area contributed by atoms with Gasteiger partial charge in [0.1, 0.15) is 5.75 Å². The molecule has 5 rings (SSSR count). The van der Waals surface area contributed by atoms with Crippen molar-refractivity contribution in [3.63, 3.8) is 0 Å². The van der Waals surface area contributed by atoms with Gasteiger partial charge in [-0.1, -0.05) is 48.5 Å². The Morgan fingerprint density at radius 1 is 0.829 bits per heavy atom. The lowest BCUT2D eigenvalue weighted by atomic mass is 9.96. The van der Waals surface area contributed by atoms with E-state index in [1.54, 1.807) is 19.2 Å². The SMILES string of the molecule is COc1ccc(S(=O)(=O)n2c(OC)c(CCN)c3cc(-c4cccc5ccccc45)ccc32)cc1. The average molecular weight is 487 g/mol. The summed E-state index contributed by atoms with van der Waals surface area (Å²) in [5.74, 6) is 0.855. The molecule has 0 aliphatic rings. The Morgan fingerprint density at radius 3 is 2.29 bits per heavy atom. The summed E-state index contributed by atoms with van der Waals surface area (Å²) >= 11 is 0. The van der Waals surface area contributed by atoms with Gasteiger partial charge in [-0.2, -0.15) is 0 Å². The molecule has 0 radical (unpaired) electrons. The van der Waals surface area contributed by atoms with Gasteiger partial charge in [0.25, 0.3) is 10.0 Å². The number of hydrogen-bond acceptors (Lipinski definition) is 5. The quantitative estimate of drug-likeness (QED) is 0.341. The van der Waals surface area contributed by atoms with Gasteiger partial charge in [0, 0.05) is 10.9 Å². The standard InChI is InChI=1S/C28H26N2O4S/c1-33-21-11-13-22(14-12-21)35(31,32)30-27-15-10-20(18-26(27)25(16-17-29)28(30)34-2)24-9-5-7-19-6-3-4-8-23(19)24/h3-15,18H,16-17,29H2,1-2H3. The van der Waals surface area contributed by atoms with Crippen LogP contribution >= 0.6 is 0 Å². The molecule has 0 unspecified atom stereocenters. The molecule has 4 aromatic carbocycles. The molecule has 0 atom stereocenters. The molecule has 0 amide bonds.